The van der Waals surface area contributed by atoms with Crippen LogP contribution in [0.15, 0.2) is 36.4 Å². The number of benzene rings is 1. The average Bonchev–Trinajstić information content (AvgIpc) is 2.79. The number of anilines is 1. The lowest BCUT2D eigenvalue weighted by atomic mass is 10.1. The van der Waals surface area contributed by atoms with Gasteiger partial charge < -0.3 is 5.32 Å². The second kappa shape index (κ2) is 6.36. The second-order valence-electron chi connectivity index (χ2n) is 3.69. The molecule has 0 spiro atoms. The molecule has 1 amide bonds. The van der Waals surface area contributed by atoms with Crippen LogP contribution in [0.3, 0.4) is 0 Å². The Hall–Kier alpha value is -0.840. The van der Waals surface area contributed by atoms with E-state index < -0.39 is 0 Å². The van der Waals surface area contributed by atoms with E-state index in [0.717, 1.165) is 17.4 Å². The summed E-state index contributed by atoms with van der Waals surface area (Å²) in [7, 11) is 0. The first-order valence-electron chi connectivity index (χ1n) is 5.40. The Balaban J connectivity index is 2.03. The Morgan fingerprint density at radius 2 is 1.94 bits per heavy atom. The third kappa shape index (κ3) is 3.57. The topological polar surface area (TPSA) is 29.1 Å². The Bertz CT molecular complexity index is 538. The normalized spacial score (nSPS) is 10.3. The van der Waals surface area contributed by atoms with Gasteiger partial charge in [0.05, 0.1) is 9.21 Å². The fraction of sp³-hybridized carbons (Fsp3) is 0.154. The van der Waals surface area contributed by atoms with Gasteiger partial charge in [-0.3, -0.25) is 4.79 Å². The highest BCUT2D eigenvalue weighted by atomic mass is 79.9. The molecular weight excluding hydrogens is 334 g/mol. The summed E-state index contributed by atoms with van der Waals surface area (Å²) in [5.41, 5.74) is 2.03. The highest BCUT2D eigenvalue weighted by Gasteiger charge is 2.08. The van der Waals surface area contributed by atoms with Crippen LogP contribution in [0.4, 0.5) is 5.69 Å². The summed E-state index contributed by atoms with van der Waals surface area (Å²) >= 11 is 10.5. The van der Waals surface area contributed by atoms with E-state index in [0.29, 0.717) is 9.21 Å². The number of alkyl halides is 1. The number of rotatable bonds is 4. The van der Waals surface area contributed by atoms with E-state index in [4.69, 9.17) is 11.6 Å². The molecule has 94 valence electrons. The summed E-state index contributed by atoms with van der Waals surface area (Å²) in [4.78, 5) is 12.5. The van der Waals surface area contributed by atoms with Crippen LogP contribution in [0.25, 0.3) is 0 Å². The smallest absolute Gasteiger partial charge is 0.265 e. The molecule has 18 heavy (non-hydrogen) atoms. The Labute approximate surface area is 123 Å². The molecule has 0 fully saturated rings. The number of halogens is 2. The molecule has 1 aromatic carbocycles. The first kappa shape index (κ1) is 13.6. The first-order chi connectivity index (χ1) is 8.69. The summed E-state index contributed by atoms with van der Waals surface area (Å²) < 4.78 is 0.618. The van der Waals surface area contributed by atoms with E-state index in [1.165, 1.54) is 16.9 Å². The van der Waals surface area contributed by atoms with Crippen LogP contribution in [0.1, 0.15) is 15.2 Å². The van der Waals surface area contributed by atoms with Crippen LogP contribution < -0.4 is 5.32 Å². The van der Waals surface area contributed by atoms with Crippen LogP contribution in [-0.2, 0) is 6.42 Å². The molecule has 0 unspecified atom stereocenters. The lowest BCUT2D eigenvalue weighted by Crippen LogP contribution is -2.09. The largest absolute Gasteiger partial charge is 0.321 e. The number of carbonyl (C=O) groups excluding carboxylic acids is 1. The fourth-order valence-corrected chi connectivity index (χ4v) is 2.89. The quantitative estimate of drug-likeness (QED) is 0.807. The van der Waals surface area contributed by atoms with Gasteiger partial charge in [-0.2, -0.15) is 0 Å². The van der Waals surface area contributed by atoms with Gasteiger partial charge >= 0.3 is 0 Å². The van der Waals surface area contributed by atoms with Crippen molar-refractivity contribution in [2.45, 2.75) is 6.42 Å². The number of nitrogens with one attached hydrogen (secondary N) is 1. The van der Waals surface area contributed by atoms with Gasteiger partial charge in [0.15, 0.2) is 0 Å². The Morgan fingerprint density at radius 3 is 2.50 bits per heavy atom. The maximum Gasteiger partial charge on any atom is 0.265 e. The van der Waals surface area contributed by atoms with Gasteiger partial charge in [0, 0.05) is 11.0 Å². The van der Waals surface area contributed by atoms with Crippen molar-refractivity contribution in [3.8, 4) is 0 Å². The lowest BCUT2D eigenvalue weighted by Gasteiger charge is -2.04. The third-order valence-electron chi connectivity index (χ3n) is 2.39. The number of hydrogen-bond acceptors (Lipinski definition) is 2. The minimum absolute atomic E-state index is 0.125. The van der Waals surface area contributed by atoms with Gasteiger partial charge in [-0.1, -0.05) is 39.7 Å². The zero-order chi connectivity index (χ0) is 13.0. The van der Waals surface area contributed by atoms with Crippen LogP contribution >= 0.6 is 38.9 Å². The number of carbonyl (C=O) groups is 1. The van der Waals surface area contributed by atoms with Crippen LogP contribution in [0.5, 0.6) is 0 Å². The maximum absolute atomic E-state index is 11.9. The van der Waals surface area contributed by atoms with E-state index in [2.05, 4.69) is 21.2 Å². The van der Waals surface area contributed by atoms with Crippen molar-refractivity contribution in [3.05, 3.63) is 51.2 Å². The molecule has 0 atom stereocenters. The summed E-state index contributed by atoms with van der Waals surface area (Å²) in [5, 5.41) is 3.78. The molecule has 2 nitrogen and oxygen atoms in total. The van der Waals surface area contributed by atoms with E-state index in [-0.39, 0.29) is 5.91 Å². The van der Waals surface area contributed by atoms with E-state index >= 15 is 0 Å². The SMILES string of the molecule is O=C(Nc1ccc(CCBr)cc1)c1ccc(Cl)s1. The van der Waals surface area contributed by atoms with E-state index in [9.17, 15) is 4.79 Å². The molecule has 1 N–H and O–H groups in total. The highest BCUT2D eigenvalue weighted by Crippen LogP contribution is 2.22. The van der Waals surface area contributed by atoms with Crippen LogP contribution in [0.2, 0.25) is 4.34 Å². The first-order valence-corrected chi connectivity index (χ1v) is 7.72. The second-order valence-corrected chi connectivity index (χ2v) is 6.20. The average molecular weight is 345 g/mol. The summed E-state index contributed by atoms with van der Waals surface area (Å²) in [6, 6.07) is 11.3. The monoisotopic (exact) mass is 343 g/mol. The highest BCUT2D eigenvalue weighted by molar-refractivity contribution is 9.09. The van der Waals surface area contributed by atoms with Crippen molar-refractivity contribution >= 4 is 50.5 Å². The zero-order valence-electron chi connectivity index (χ0n) is 9.45. The molecule has 0 aliphatic rings. The Morgan fingerprint density at radius 1 is 1.22 bits per heavy atom. The minimum Gasteiger partial charge on any atom is -0.321 e. The van der Waals surface area contributed by atoms with Gasteiger partial charge in [-0.15, -0.1) is 11.3 Å². The standard InChI is InChI=1S/C13H11BrClNOS/c14-8-7-9-1-3-10(4-2-9)16-13(17)11-5-6-12(15)18-11/h1-6H,7-8H2,(H,16,17). The van der Waals surface area contributed by atoms with Gasteiger partial charge in [-0.25, -0.2) is 0 Å². The minimum atomic E-state index is -0.125. The van der Waals surface area contributed by atoms with Gasteiger partial charge in [0.25, 0.3) is 5.91 Å². The lowest BCUT2D eigenvalue weighted by molar-refractivity contribution is 0.103. The van der Waals surface area contributed by atoms with Crippen molar-refractivity contribution in [2.24, 2.45) is 0 Å². The van der Waals surface area contributed by atoms with Crippen LogP contribution in [-0.4, -0.2) is 11.2 Å². The molecule has 1 aromatic heterocycles. The summed E-state index contributed by atoms with van der Waals surface area (Å²) in [6.45, 7) is 0. The van der Waals surface area contributed by atoms with Crippen molar-refractivity contribution in [3.63, 3.8) is 0 Å². The van der Waals surface area contributed by atoms with Crippen molar-refractivity contribution < 1.29 is 4.79 Å². The molecule has 0 aliphatic carbocycles. The van der Waals surface area contributed by atoms with Gasteiger partial charge in [0.1, 0.15) is 0 Å². The number of thiophene rings is 1. The van der Waals surface area contributed by atoms with Crippen molar-refractivity contribution in [1.82, 2.24) is 0 Å². The van der Waals surface area contributed by atoms with Crippen LogP contribution in [0, 0.1) is 0 Å². The molecule has 5 heteroatoms. The molecule has 0 bridgehead atoms. The molecule has 2 aromatic rings. The van der Waals surface area contributed by atoms with Gasteiger partial charge in [-0.05, 0) is 36.2 Å². The maximum atomic E-state index is 11.9. The molecule has 0 saturated heterocycles. The molecule has 0 radical (unpaired) electrons. The Kier molecular flexibility index (Phi) is 4.80. The third-order valence-corrected chi connectivity index (χ3v) is 4.02. The predicted molar refractivity (Wildman–Crippen MR) is 81.2 cm³/mol. The van der Waals surface area contributed by atoms with Crippen molar-refractivity contribution in [1.29, 1.82) is 0 Å². The number of amides is 1. The molecule has 1 heterocycles. The summed E-state index contributed by atoms with van der Waals surface area (Å²) in [6.07, 6.45) is 0.981. The zero-order valence-corrected chi connectivity index (χ0v) is 12.6. The molecule has 0 saturated carbocycles. The van der Waals surface area contributed by atoms with E-state index in [1.807, 2.05) is 24.3 Å². The molecule has 2 rings (SSSR count). The van der Waals surface area contributed by atoms with E-state index in [1.54, 1.807) is 12.1 Å². The fourth-order valence-electron chi connectivity index (χ4n) is 1.49. The number of hydrogen-bond donors (Lipinski definition) is 1. The van der Waals surface area contributed by atoms with Gasteiger partial charge in [0.2, 0.25) is 0 Å². The number of aryl methyl sites for hydroxylation is 1. The molecular formula is C13H11BrClNOS. The van der Waals surface area contributed by atoms with Crippen molar-refractivity contribution in [2.75, 3.05) is 10.6 Å². The predicted octanol–water partition coefficient (Wildman–Crippen LogP) is 4.59. The summed E-state index contributed by atoms with van der Waals surface area (Å²) in [5.74, 6) is -0.125. The molecule has 0 aliphatic heterocycles.